The van der Waals surface area contributed by atoms with Gasteiger partial charge in [-0.2, -0.15) is 0 Å². The number of carbonyl (C=O) groups is 2. The van der Waals surface area contributed by atoms with Gasteiger partial charge in [0.2, 0.25) is 0 Å². The Morgan fingerprint density at radius 1 is 1.17 bits per heavy atom. The van der Waals surface area contributed by atoms with E-state index in [-0.39, 0.29) is 30.4 Å². The lowest BCUT2D eigenvalue weighted by Gasteiger charge is -2.59. The Bertz CT molecular complexity index is 939. The van der Waals surface area contributed by atoms with Crippen molar-refractivity contribution in [3.05, 3.63) is 35.6 Å². The Kier molecular flexibility index (Phi) is 4.87. The number of ether oxygens (including phenoxy) is 1. The van der Waals surface area contributed by atoms with Gasteiger partial charge in [-0.3, -0.25) is 9.59 Å². The first kappa shape index (κ1) is 19.7. The number of aryl methyl sites for hydroxylation is 1. The number of esters is 1. The molecule has 0 unspecified atom stereocenters. The maximum absolute atomic E-state index is 12.5. The minimum atomic E-state index is -0.407. The van der Waals surface area contributed by atoms with Crippen molar-refractivity contribution in [2.75, 3.05) is 6.61 Å². The summed E-state index contributed by atoms with van der Waals surface area (Å²) in [6.45, 7) is 3.93. The molecule has 5 nitrogen and oxygen atoms in total. The summed E-state index contributed by atoms with van der Waals surface area (Å²) in [5.74, 6) is 1.95. The summed E-state index contributed by atoms with van der Waals surface area (Å²) in [6, 6.07) is 6.03. The van der Waals surface area contributed by atoms with Crippen LogP contribution in [0.15, 0.2) is 28.9 Å². The summed E-state index contributed by atoms with van der Waals surface area (Å²) >= 11 is 0. The van der Waals surface area contributed by atoms with Crippen molar-refractivity contribution in [3.8, 4) is 0 Å². The van der Waals surface area contributed by atoms with Crippen LogP contribution in [0.2, 0.25) is 0 Å². The Labute approximate surface area is 177 Å². The molecular formula is C25H31NO4. The van der Waals surface area contributed by atoms with Crippen LogP contribution < -0.4 is 5.32 Å². The monoisotopic (exact) mass is 409 g/mol. The summed E-state index contributed by atoms with van der Waals surface area (Å²) in [5, 5.41) is 4.07. The molecule has 4 bridgehead atoms. The van der Waals surface area contributed by atoms with Gasteiger partial charge in [-0.15, -0.1) is 0 Å². The predicted octanol–water partition coefficient (Wildman–Crippen LogP) is 4.55. The van der Waals surface area contributed by atoms with Gasteiger partial charge in [0.05, 0.1) is 12.7 Å². The lowest BCUT2D eigenvalue weighted by Crippen LogP contribution is -2.56. The van der Waals surface area contributed by atoms with E-state index in [4.69, 9.17) is 9.15 Å². The second-order valence-corrected chi connectivity index (χ2v) is 10.2. The van der Waals surface area contributed by atoms with E-state index in [1.807, 2.05) is 25.1 Å². The van der Waals surface area contributed by atoms with Gasteiger partial charge in [0.25, 0.3) is 5.91 Å². The van der Waals surface area contributed by atoms with E-state index in [1.165, 1.54) is 38.5 Å². The highest BCUT2D eigenvalue weighted by Crippen LogP contribution is 2.61. The second kappa shape index (κ2) is 7.44. The van der Waals surface area contributed by atoms with Crippen molar-refractivity contribution in [1.82, 2.24) is 5.32 Å². The topological polar surface area (TPSA) is 68.5 Å². The summed E-state index contributed by atoms with van der Waals surface area (Å²) in [7, 11) is 0. The largest absolute Gasteiger partial charge is 0.464 e. The first-order chi connectivity index (χ1) is 14.4. The van der Waals surface area contributed by atoms with Crippen molar-refractivity contribution in [1.29, 1.82) is 0 Å². The molecule has 1 aromatic heterocycles. The number of hydrogen-bond donors (Lipinski definition) is 1. The lowest BCUT2D eigenvalue weighted by atomic mass is 9.48. The molecule has 6 rings (SSSR count). The van der Waals surface area contributed by atoms with Crippen LogP contribution in [0, 0.1) is 30.1 Å². The fourth-order valence-corrected chi connectivity index (χ4v) is 6.82. The minimum absolute atomic E-state index is 0.105. The molecule has 30 heavy (non-hydrogen) atoms. The van der Waals surface area contributed by atoms with Crippen LogP contribution in [-0.2, 0) is 20.7 Å². The minimum Gasteiger partial charge on any atom is -0.464 e. The highest BCUT2D eigenvalue weighted by molar-refractivity contribution is 5.87. The Morgan fingerprint density at radius 3 is 2.50 bits per heavy atom. The first-order valence-corrected chi connectivity index (χ1v) is 11.3. The molecule has 1 aromatic carbocycles. The SMILES string of the molecule is Cc1ccc2c(CC(=O)OCC(=O)N[C@@H](C)C34CC5CC(CC(C5)C3)C4)coc2c1. The van der Waals surface area contributed by atoms with E-state index in [1.54, 1.807) is 6.26 Å². The number of nitrogens with one attached hydrogen (secondary N) is 1. The highest BCUT2D eigenvalue weighted by Gasteiger charge is 2.53. The molecule has 1 heterocycles. The van der Waals surface area contributed by atoms with Gasteiger partial charge < -0.3 is 14.5 Å². The zero-order valence-electron chi connectivity index (χ0n) is 17.9. The zero-order valence-corrected chi connectivity index (χ0v) is 17.9. The molecule has 4 saturated carbocycles. The van der Waals surface area contributed by atoms with Crippen LogP contribution in [0.5, 0.6) is 0 Å². The van der Waals surface area contributed by atoms with Gasteiger partial charge in [0.1, 0.15) is 5.58 Å². The number of fused-ring (bicyclic) bond motifs is 1. The summed E-state index contributed by atoms with van der Waals surface area (Å²) in [6.07, 6.45) is 9.60. The Morgan fingerprint density at radius 2 is 1.83 bits per heavy atom. The first-order valence-electron chi connectivity index (χ1n) is 11.3. The van der Waals surface area contributed by atoms with Crippen LogP contribution in [0.1, 0.15) is 56.6 Å². The number of benzene rings is 1. The van der Waals surface area contributed by atoms with Gasteiger partial charge in [-0.05, 0) is 87.2 Å². The van der Waals surface area contributed by atoms with Gasteiger partial charge in [0.15, 0.2) is 6.61 Å². The Balaban J connectivity index is 1.14. The molecule has 1 atom stereocenters. The maximum Gasteiger partial charge on any atom is 0.310 e. The molecule has 4 aliphatic rings. The molecule has 5 heteroatoms. The molecule has 0 radical (unpaired) electrons. The molecule has 4 aliphatic carbocycles. The normalized spacial score (nSPS) is 30.4. The van der Waals surface area contributed by atoms with Gasteiger partial charge in [-0.25, -0.2) is 0 Å². The quantitative estimate of drug-likeness (QED) is 0.711. The van der Waals surface area contributed by atoms with Crippen LogP contribution in [0.25, 0.3) is 11.0 Å². The van der Waals surface area contributed by atoms with Crippen molar-refractivity contribution in [2.24, 2.45) is 23.2 Å². The van der Waals surface area contributed by atoms with E-state index in [0.717, 1.165) is 39.8 Å². The van der Waals surface area contributed by atoms with E-state index in [0.29, 0.717) is 0 Å². The summed E-state index contributed by atoms with van der Waals surface area (Å²) in [4.78, 5) is 24.8. The molecule has 4 fully saturated rings. The fraction of sp³-hybridized carbons (Fsp3) is 0.600. The van der Waals surface area contributed by atoms with Crippen molar-refractivity contribution in [3.63, 3.8) is 0 Å². The van der Waals surface area contributed by atoms with Crippen molar-refractivity contribution < 1.29 is 18.7 Å². The number of carbonyl (C=O) groups excluding carboxylic acids is 2. The standard InChI is InChI=1S/C25H31NO4/c1-15-3-4-21-20(13-29-22(21)5-15)9-24(28)30-14-23(27)26-16(2)25-10-17-6-18(11-25)8-19(7-17)12-25/h3-5,13,16-19H,6-12,14H2,1-2H3,(H,26,27)/t16-,17?,18?,19?,25?/m0/s1. The zero-order chi connectivity index (χ0) is 20.9. The third-order valence-electron chi connectivity index (χ3n) is 7.89. The van der Waals surface area contributed by atoms with E-state index < -0.39 is 5.97 Å². The number of amides is 1. The lowest BCUT2D eigenvalue weighted by molar-refractivity contribution is -0.148. The fourth-order valence-electron chi connectivity index (χ4n) is 6.82. The molecule has 1 N–H and O–H groups in total. The molecule has 2 aromatic rings. The van der Waals surface area contributed by atoms with E-state index in [2.05, 4.69) is 12.2 Å². The van der Waals surface area contributed by atoms with Crippen LogP contribution in [0.3, 0.4) is 0 Å². The van der Waals surface area contributed by atoms with Crippen LogP contribution in [-0.4, -0.2) is 24.5 Å². The van der Waals surface area contributed by atoms with Gasteiger partial charge in [0, 0.05) is 17.0 Å². The predicted molar refractivity (Wildman–Crippen MR) is 114 cm³/mol. The summed E-state index contributed by atoms with van der Waals surface area (Å²) in [5.41, 5.74) is 2.91. The van der Waals surface area contributed by atoms with Crippen LogP contribution >= 0.6 is 0 Å². The van der Waals surface area contributed by atoms with Gasteiger partial charge >= 0.3 is 5.97 Å². The number of rotatable bonds is 6. The molecule has 0 saturated heterocycles. The number of furan rings is 1. The van der Waals surface area contributed by atoms with E-state index >= 15 is 0 Å². The molecule has 0 spiro atoms. The molecular weight excluding hydrogens is 378 g/mol. The average molecular weight is 410 g/mol. The maximum atomic E-state index is 12.5. The van der Waals surface area contributed by atoms with E-state index in [9.17, 15) is 9.59 Å². The molecule has 1 amide bonds. The number of hydrogen-bond acceptors (Lipinski definition) is 4. The third-order valence-corrected chi connectivity index (χ3v) is 7.89. The average Bonchev–Trinajstić information content (AvgIpc) is 3.07. The Hall–Kier alpha value is -2.30. The summed E-state index contributed by atoms with van der Waals surface area (Å²) < 4.78 is 10.8. The highest BCUT2D eigenvalue weighted by atomic mass is 16.5. The molecule has 160 valence electrons. The molecule has 0 aliphatic heterocycles. The smallest absolute Gasteiger partial charge is 0.310 e. The van der Waals surface area contributed by atoms with Crippen molar-refractivity contribution >= 4 is 22.8 Å². The third kappa shape index (κ3) is 3.63. The van der Waals surface area contributed by atoms with Crippen molar-refractivity contribution in [2.45, 2.75) is 64.8 Å². The van der Waals surface area contributed by atoms with Crippen LogP contribution in [0.4, 0.5) is 0 Å². The second-order valence-electron chi connectivity index (χ2n) is 10.2. The van der Waals surface area contributed by atoms with Gasteiger partial charge in [-0.1, -0.05) is 12.1 Å².